The van der Waals surface area contributed by atoms with Crippen molar-refractivity contribution in [3.05, 3.63) is 23.8 Å². The Morgan fingerprint density at radius 2 is 1.58 bits per heavy atom. The summed E-state index contributed by atoms with van der Waals surface area (Å²) in [6.07, 6.45) is 21.2. The van der Waals surface area contributed by atoms with E-state index in [1.807, 2.05) is 18.2 Å². The van der Waals surface area contributed by atoms with Crippen LogP contribution in [0.3, 0.4) is 0 Å². The molecule has 1 fully saturated rings. The van der Waals surface area contributed by atoms with E-state index in [1.165, 1.54) is 96.4 Å². The number of likely N-dealkylation sites (tertiary alicyclic amines) is 1. The summed E-state index contributed by atoms with van der Waals surface area (Å²) in [7, 11) is 3.33. The number of carbonyl (C=O) groups excluding carboxylic acids is 1. The van der Waals surface area contributed by atoms with E-state index in [4.69, 9.17) is 9.47 Å². The van der Waals surface area contributed by atoms with Crippen LogP contribution in [0.5, 0.6) is 11.5 Å². The van der Waals surface area contributed by atoms with Gasteiger partial charge in [0.15, 0.2) is 0 Å². The number of benzene rings is 1. The number of piperidine rings is 1. The highest BCUT2D eigenvalue weighted by Gasteiger charge is 2.24. The van der Waals surface area contributed by atoms with Crippen molar-refractivity contribution in [3.63, 3.8) is 0 Å². The van der Waals surface area contributed by atoms with Gasteiger partial charge < -0.3 is 14.4 Å². The lowest BCUT2D eigenvalue weighted by Crippen LogP contribution is -2.39. The molecule has 0 spiro atoms. The molecule has 0 amide bonds. The van der Waals surface area contributed by atoms with Gasteiger partial charge >= 0.3 is 0 Å². The Kier molecular flexibility index (Phi) is 15.9. The van der Waals surface area contributed by atoms with Crippen LogP contribution in [0, 0.1) is 5.92 Å². The Morgan fingerprint density at radius 1 is 0.917 bits per heavy atom. The fourth-order valence-electron chi connectivity index (χ4n) is 5.66. The number of rotatable bonds is 20. The third kappa shape index (κ3) is 11.7. The number of unbranched alkanes of at least 4 members (excludes halogenated alkanes) is 10. The lowest BCUT2D eigenvalue weighted by Gasteiger charge is -2.34. The summed E-state index contributed by atoms with van der Waals surface area (Å²) in [6.45, 7) is 6.87. The predicted octanol–water partition coefficient (Wildman–Crippen LogP) is 8.40. The van der Waals surface area contributed by atoms with Crippen molar-refractivity contribution in [1.29, 1.82) is 0 Å². The van der Waals surface area contributed by atoms with Crippen LogP contribution in [0.4, 0.5) is 0 Å². The van der Waals surface area contributed by atoms with Crippen LogP contribution in [-0.4, -0.2) is 44.0 Å². The molecule has 2 unspecified atom stereocenters. The minimum absolute atomic E-state index is 0.143. The first-order valence-corrected chi connectivity index (χ1v) is 15.1. The minimum Gasteiger partial charge on any atom is -0.497 e. The summed E-state index contributed by atoms with van der Waals surface area (Å²) in [4.78, 5) is 16.1. The van der Waals surface area contributed by atoms with Crippen molar-refractivity contribution in [2.75, 3.05) is 27.3 Å². The second kappa shape index (κ2) is 18.7. The monoisotopic (exact) mass is 501 g/mol. The minimum atomic E-state index is 0.143. The predicted molar refractivity (Wildman–Crippen MR) is 152 cm³/mol. The molecular weight excluding hydrogens is 446 g/mol. The molecule has 2 rings (SSSR count). The zero-order chi connectivity index (χ0) is 26.0. The average Bonchev–Trinajstić information content (AvgIpc) is 2.89. The Hall–Kier alpha value is -1.55. The molecule has 4 nitrogen and oxygen atoms in total. The molecule has 0 N–H and O–H groups in total. The lowest BCUT2D eigenvalue weighted by molar-refractivity contribution is -0.122. The number of ether oxygens (including phenoxy) is 2. The molecule has 1 aliphatic heterocycles. The molecule has 1 aliphatic rings. The summed E-state index contributed by atoms with van der Waals surface area (Å²) in [5.41, 5.74) is 0.971. The number of Topliss-reactive ketones (excluding diaryl/α,β-unsaturated/α-hetero) is 1. The molecule has 0 bridgehead atoms. The molecule has 36 heavy (non-hydrogen) atoms. The Labute approximate surface area is 222 Å². The largest absolute Gasteiger partial charge is 0.497 e. The first-order chi connectivity index (χ1) is 17.6. The van der Waals surface area contributed by atoms with E-state index in [-0.39, 0.29) is 5.92 Å². The van der Waals surface area contributed by atoms with Gasteiger partial charge in [-0.1, -0.05) is 90.0 Å². The first kappa shape index (κ1) is 30.7. The standard InChI is InChI=1S/C32H55NO3/c1-5-6-7-8-9-10-11-12-13-14-15-19-28(22-24-33-23-17-16-18-27(33)2)31(34)25-29-20-21-30(35-3)26-32(29)36-4/h20-21,26-28H,5-19,22-25H2,1-4H3. The van der Waals surface area contributed by atoms with E-state index in [0.29, 0.717) is 18.2 Å². The smallest absolute Gasteiger partial charge is 0.140 e. The van der Waals surface area contributed by atoms with Crippen LogP contribution >= 0.6 is 0 Å². The van der Waals surface area contributed by atoms with Crippen molar-refractivity contribution in [3.8, 4) is 11.5 Å². The molecule has 1 heterocycles. The van der Waals surface area contributed by atoms with Crippen molar-refractivity contribution in [2.24, 2.45) is 5.92 Å². The Bertz CT molecular complexity index is 719. The van der Waals surface area contributed by atoms with Gasteiger partial charge in [-0.25, -0.2) is 0 Å². The number of hydrogen-bond donors (Lipinski definition) is 0. The molecule has 2 atom stereocenters. The van der Waals surface area contributed by atoms with E-state index >= 15 is 0 Å². The van der Waals surface area contributed by atoms with E-state index in [0.717, 1.165) is 36.4 Å². The third-order valence-electron chi connectivity index (χ3n) is 8.18. The number of carbonyl (C=O) groups is 1. The van der Waals surface area contributed by atoms with Gasteiger partial charge in [0.25, 0.3) is 0 Å². The third-order valence-corrected chi connectivity index (χ3v) is 8.18. The van der Waals surface area contributed by atoms with E-state index in [1.54, 1.807) is 14.2 Å². The molecule has 1 aromatic rings. The molecule has 0 saturated carbocycles. The summed E-state index contributed by atoms with van der Waals surface area (Å²) < 4.78 is 10.9. The SMILES string of the molecule is CCCCCCCCCCCCCC(CCN1CCCCC1C)C(=O)Cc1ccc(OC)cc1OC. The van der Waals surface area contributed by atoms with Gasteiger partial charge in [-0.2, -0.15) is 0 Å². The molecule has 1 saturated heterocycles. The second-order valence-electron chi connectivity index (χ2n) is 11.0. The maximum atomic E-state index is 13.5. The van der Waals surface area contributed by atoms with Gasteiger partial charge in [-0.15, -0.1) is 0 Å². The van der Waals surface area contributed by atoms with E-state index < -0.39 is 0 Å². The second-order valence-corrected chi connectivity index (χ2v) is 11.0. The summed E-state index contributed by atoms with van der Waals surface area (Å²) in [5.74, 6) is 2.03. The quantitative estimate of drug-likeness (QED) is 0.168. The fourth-order valence-corrected chi connectivity index (χ4v) is 5.66. The van der Waals surface area contributed by atoms with Crippen molar-refractivity contribution in [2.45, 2.75) is 129 Å². The number of methoxy groups -OCH3 is 2. The Morgan fingerprint density at radius 3 is 2.19 bits per heavy atom. The van der Waals surface area contributed by atoms with E-state index in [2.05, 4.69) is 18.7 Å². The van der Waals surface area contributed by atoms with Crippen LogP contribution in [0.15, 0.2) is 18.2 Å². The van der Waals surface area contributed by atoms with Crippen molar-refractivity contribution < 1.29 is 14.3 Å². The number of hydrogen-bond acceptors (Lipinski definition) is 4. The maximum absolute atomic E-state index is 13.5. The van der Waals surface area contributed by atoms with Crippen molar-refractivity contribution >= 4 is 5.78 Å². The summed E-state index contributed by atoms with van der Waals surface area (Å²) in [5, 5.41) is 0. The van der Waals surface area contributed by atoms with Crippen LogP contribution in [0.2, 0.25) is 0 Å². The maximum Gasteiger partial charge on any atom is 0.140 e. The molecule has 1 aromatic carbocycles. The van der Waals surface area contributed by atoms with Gasteiger partial charge in [0.05, 0.1) is 14.2 Å². The normalized spacial score (nSPS) is 17.2. The molecule has 0 radical (unpaired) electrons. The van der Waals surface area contributed by atoms with Crippen LogP contribution < -0.4 is 9.47 Å². The first-order valence-electron chi connectivity index (χ1n) is 15.1. The lowest BCUT2D eigenvalue weighted by atomic mass is 9.89. The van der Waals surface area contributed by atoms with Crippen molar-refractivity contribution in [1.82, 2.24) is 4.90 Å². The number of nitrogens with zero attached hydrogens (tertiary/aromatic N) is 1. The highest BCUT2D eigenvalue weighted by molar-refractivity contribution is 5.84. The van der Waals surface area contributed by atoms with Crippen LogP contribution in [-0.2, 0) is 11.2 Å². The van der Waals surface area contributed by atoms with Crippen LogP contribution in [0.25, 0.3) is 0 Å². The van der Waals surface area contributed by atoms with Gasteiger partial charge in [0.2, 0.25) is 0 Å². The molecule has 0 aromatic heterocycles. The van der Waals surface area contributed by atoms with E-state index in [9.17, 15) is 4.79 Å². The highest BCUT2D eigenvalue weighted by atomic mass is 16.5. The highest BCUT2D eigenvalue weighted by Crippen LogP contribution is 2.28. The average molecular weight is 502 g/mol. The molecular formula is C32H55NO3. The van der Waals surface area contributed by atoms with Gasteiger partial charge in [0.1, 0.15) is 17.3 Å². The van der Waals surface area contributed by atoms with Gasteiger partial charge in [-0.3, -0.25) is 4.79 Å². The van der Waals surface area contributed by atoms with Gasteiger partial charge in [-0.05, 0) is 51.8 Å². The van der Waals surface area contributed by atoms with Crippen LogP contribution in [0.1, 0.15) is 122 Å². The zero-order valence-corrected chi connectivity index (χ0v) is 24.0. The zero-order valence-electron chi connectivity index (χ0n) is 24.0. The molecule has 206 valence electrons. The van der Waals surface area contributed by atoms with Gasteiger partial charge in [0, 0.05) is 30.0 Å². The summed E-state index contributed by atoms with van der Waals surface area (Å²) >= 11 is 0. The number of ketones is 1. The molecule has 0 aliphatic carbocycles. The molecule has 4 heteroatoms. The fraction of sp³-hybridized carbons (Fsp3) is 0.781. The Balaban J connectivity index is 1.82. The summed E-state index contributed by atoms with van der Waals surface area (Å²) in [6, 6.07) is 6.45. The topological polar surface area (TPSA) is 38.8 Å².